The van der Waals surface area contributed by atoms with E-state index in [1.807, 2.05) is 68.4 Å². The second kappa shape index (κ2) is 10.6. The number of aryl methyl sites for hydroxylation is 3. The van der Waals surface area contributed by atoms with Crippen molar-refractivity contribution in [3.63, 3.8) is 0 Å². The normalized spacial score (nSPS) is 12.0. The summed E-state index contributed by atoms with van der Waals surface area (Å²) in [6, 6.07) is 21.7. The number of imidazole rings is 1. The topological polar surface area (TPSA) is 56.2 Å². The van der Waals surface area contributed by atoms with Gasteiger partial charge in [0.25, 0.3) is 5.91 Å². The highest BCUT2D eigenvalue weighted by Gasteiger charge is 2.19. The first-order valence-electron chi connectivity index (χ1n) is 12.0. The Morgan fingerprint density at radius 3 is 2.62 bits per heavy atom. The van der Waals surface area contributed by atoms with E-state index in [2.05, 4.69) is 35.9 Å². The molecule has 0 saturated heterocycles. The molecule has 0 fully saturated rings. The van der Waals surface area contributed by atoms with Gasteiger partial charge in [-0.2, -0.15) is 0 Å². The van der Waals surface area contributed by atoms with Crippen molar-refractivity contribution in [2.45, 2.75) is 53.1 Å². The average molecular weight is 456 g/mol. The van der Waals surface area contributed by atoms with Crippen LogP contribution >= 0.6 is 0 Å². The third-order valence-corrected chi connectivity index (χ3v) is 6.29. The highest BCUT2D eigenvalue weighted by atomic mass is 16.5. The van der Waals surface area contributed by atoms with Gasteiger partial charge in [0.2, 0.25) is 0 Å². The monoisotopic (exact) mass is 455 g/mol. The van der Waals surface area contributed by atoms with Crippen LogP contribution in [0, 0.1) is 20.8 Å². The van der Waals surface area contributed by atoms with E-state index in [0.29, 0.717) is 12.2 Å². The largest absolute Gasteiger partial charge is 0.493 e. The van der Waals surface area contributed by atoms with Gasteiger partial charge in [-0.1, -0.05) is 42.0 Å². The summed E-state index contributed by atoms with van der Waals surface area (Å²) in [5.74, 6) is 1.75. The van der Waals surface area contributed by atoms with Crippen molar-refractivity contribution in [3.8, 4) is 5.75 Å². The lowest BCUT2D eigenvalue weighted by Crippen LogP contribution is -2.28. The molecule has 1 atom stereocenters. The predicted octanol–water partition coefficient (Wildman–Crippen LogP) is 6.31. The maximum Gasteiger partial charge on any atom is 0.251 e. The standard InChI is InChI=1S/C29H33N3O2/c1-20-11-9-13-24(19-20)29(33)30-23(4)28-31-25-14-5-6-15-26(25)32(28)17-7-8-18-34-27-16-10-12-21(2)22(27)3/h5-6,9-16,19,23H,7-8,17-18H2,1-4H3,(H,30,33). The summed E-state index contributed by atoms with van der Waals surface area (Å²) in [5.41, 5.74) is 6.21. The lowest BCUT2D eigenvalue weighted by Gasteiger charge is -2.17. The summed E-state index contributed by atoms with van der Waals surface area (Å²) >= 11 is 0. The van der Waals surface area contributed by atoms with Gasteiger partial charge < -0.3 is 14.6 Å². The first-order chi connectivity index (χ1) is 16.4. The third-order valence-electron chi connectivity index (χ3n) is 6.29. The zero-order valence-corrected chi connectivity index (χ0v) is 20.5. The summed E-state index contributed by atoms with van der Waals surface area (Å²) in [6.07, 6.45) is 1.89. The van der Waals surface area contributed by atoms with Crippen molar-refractivity contribution in [1.82, 2.24) is 14.9 Å². The molecule has 5 nitrogen and oxygen atoms in total. The fraction of sp³-hybridized carbons (Fsp3) is 0.310. The minimum Gasteiger partial charge on any atom is -0.493 e. The van der Waals surface area contributed by atoms with Crippen LogP contribution < -0.4 is 10.1 Å². The fourth-order valence-electron chi connectivity index (χ4n) is 4.23. The quantitative estimate of drug-likeness (QED) is 0.301. The van der Waals surface area contributed by atoms with Crippen LogP contribution in [0.3, 0.4) is 0 Å². The Balaban J connectivity index is 1.43. The third kappa shape index (κ3) is 5.30. The summed E-state index contributed by atoms with van der Waals surface area (Å²) in [4.78, 5) is 17.7. The summed E-state index contributed by atoms with van der Waals surface area (Å²) in [7, 11) is 0. The van der Waals surface area contributed by atoms with E-state index in [1.165, 1.54) is 11.1 Å². The second-order valence-corrected chi connectivity index (χ2v) is 8.93. The van der Waals surface area contributed by atoms with E-state index >= 15 is 0 Å². The van der Waals surface area contributed by atoms with Crippen LogP contribution in [0.25, 0.3) is 11.0 Å². The number of hydrogen-bond acceptors (Lipinski definition) is 3. The van der Waals surface area contributed by atoms with Crippen LogP contribution in [0.5, 0.6) is 5.75 Å². The van der Waals surface area contributed by atoms with Gasteiger partial charge in [0, 0.05) is 12.1 Å². The molecule has 0 aliphatic carbocycles. The number of carbonyl (C=O) groups is 1. The van der Waals surface area contributed by atoms with Crippen molar-refractivity contribution in [2.75, 3.05) is 6.61 Å². The minimum atomic E-state index is -0.216. The molecular weight excluding hydrogens is 422 g/mol. The van der Waals surface area contributed by atoms with Crippen molar-refractivity contribution < 1.29 is 9.53 Å². The van der Waals surface area contributed by atoms with Crippen LogP contribution in [-0.2, 0) is 6.54 Å². The van der Waals surface area contributed by atoms with Crippen molar-refractivity contribution >= 4 is 16.9 Å². The molecule has 1 N–H and O–H groups in total. The number of fused-ring (bicyclic) bond motifs is 1. The number of unbranched alkanes of at least 4 members (excludes halogenated alkanes) is 1. The van der Waals surface area contributed by atoms with Gasteiger partial charge in [-0.05, 0) is 82.0 Å². The molecule has 4 aromatic rings. The van der Waals surface area contributed by atoms with Crippen molar-refractivity contribution in [3.05, 3.63) is 94.8 Å². The Hall–Kier alpha value is -3.60. The molecule has 5 heteroatoms. The van der Waals surface area contributed by atoms with Crippen molar-refractivity contribution in [1.29, 1.82) is 0 Å². The molecule has 3 aromatic carbocycles. The molecule has 1 amide bonds. The van der Waals surface area contributed by atoms with Gasteiger partial charge in [0.1, 0.15) is 11.6 Å². The smallest absolute Gasteiger partial charge is 0.251 e. The molecular formula is C29H33N3O2. The Morgan fingerprint density at radius 1 is 1.00 bits per heavy atom. The summed E-state index contributed by atoms with van der Waals surface area (Å²) < 4.78 is 8.26. The predicted molar refractivity (Wildman–Crippen MR) is 137 cm³/mol. The second-order valence-electron chi connectivity index (χ2n) is 8.93. The number of carbonyl (C=O) groups excluding carboxylic acids is 1. The van der Waals surface area contributed by atoms with Crippen LogP contribution in [0.4, 0.5) is 0 Å². The average Bonchev–Trinajstić information content (AvgIpc) is 3.20. The van der Waals surface area contributed by atoms with Crippen LogP contribution in [0.2, 0.25) is 0 Å². The van der Waals surface area contributed by atoms with Crippen LogP contribution in [0.1, 0.15) is 58.7 Å². The molecule has 0 spiro atoms. The summed E-state index contributed by atoms with van der Waals surface area (Å²) in [6.45, 7) is 9.68. The maximum atomic E-state index is 12.8. The Morgan fingerprint density at radius 2 is 1.79 bits per heavy atom. The highest BCUT2D eigenvalue weighted by Crippen LogP contribution is 2.23. The van der Waals surface area contributed by atoms with Gasteiger partial charge in [0.15, 0.2) is 0 Å². The Labute approximate surface area is 201 Å². The molecule has 176 valence electrons. The van der Waals surface area contributed by atoms with Gasteiger partial charge in [0.05, 0.1) is 23.7 Å². The summed E-state index contributed by atoms with van der Waals surface area (Å²) in [5, 5.41) is 3.13. The van der Waals surface area contributed by atoms with Gasteiger partial charge >= 0.3 is 0 Å². The van der Waals surface area contributed by atoms with Crippen LogP contribution in [-0.4, -0.2) is 22.1 Å². The Bertz CT molecular complexity index is 1290. The molecule has 0 bridgehead atoms. The lowest BCUT2D eigenvalue weighted by atomic mass is 10.1. The van der Waals surface area contributed by atoms with Gasteiger partial charge in [-0.15, -0.1) is 0 Å². The molecule has 0 aliphatic heterocycles. The van der Waals surface area contributed by atoms with Gasteiger partial charge in [-0.25, -0.2) is 4.98 Å². The molecule has 1 aromatic heterocycles. The first-order valence-corrected chi connectivity index (χ1v) is 12.0. The number of aromatic nitrogens is 2. The van der Waals surface area contributed by atoms with E-state index in [-0.39, 0.29) is 11.9 Å². The highest BCUT2D eigenvalue weighted by molar-refractivity contribution is 5.94. The molecule has 34 heavy (non-hydrogen) atoms. The van der Waals surface area contributed by atoms with Crippen LogP contribution in [0.15, 0.2) is 66.7 Å². The number of para-hydroxylation sites is 2. The zero-order valence-electron chi connectivity index (χ0n) is 20.5. The Kier molecular flexibility index (Phi) is 7.31. The maximum absolute atomic E-state index is 12.8. The first kappa shape index (κ1) is 23.6. The van der Waals surface area contributed by atoms with E-state index in [1.54, 1.807) is 0 Å². The molecule has 1 heterocycles. The molecule has 0 aliphatic rings. The van der Waals surface area contributed by atoms with Gasteiger partial charge in [-0.3, -0.25) is 4.79 Å². The molecule has 4 rings (SSSR count). The number of rotatable bonds is 9. The molecule has 1 unspecified atom stereocenters. The number of benzene rings is 3. The number of nitrogens with one attached hydrogen (secondary N) is 1. The molecule has 0 radical (unpaired) electrons. The minimum absolute atomic E-state index is 0.0864. The molecule has 0 saturated carbocycles. The SMILES string of the molecule is Cc1cccc(C(=O)NC(C)c2nc3ccccc3n2CCCCOc2cccc(C)c2C)c1. The number of amides is 1. The zero-order chi connectivity index (χ0) is 24.1. The van der Waals surface area contributed by atoms with E-state index in [4.69, 9.17) is 9.72 Å². The van der Waals surface area contributed by atoms with E-state index in [9.17, 15) is 4.79 Å². The fourth-order valence-corrected chi connectivity index (χ4v) is 4.23. The number of hydrogen-bond donors (Lipinski definition) is 1. The van der Waals surface area contributed by atoms with Crippen molar-refractivity contribution in [2.24, 2.45) is 0 Å². The number of nitrogens with zero attached hydrogens (tertiary/aromatic N) is 2. The number of ether oxygens (including phenoxy) is 1. The van der Waals surface area contributed by atoms with E-state index < -0.39 is 0 Å². The van der Waals surface area contributed by atoms with E-state index in [0.717, 1.165) is 47.6 Å². The lowest BCUT2D eigenvalue weighted by molar-refractivity contribution is 0.0937.